The molecule has 3 amide bonds. The Kier molecular flexibility index (Phi) is 95.2. The first-order valence-electron chi connectivity index (χ1n) is 39.8. The van der Waals surface area contributed by atoms with E-state index in [2.05, 4.69) is 180 Å². The number of rotatable bonds is 64. The van der Waals surface area contributed by atoms with Gasteiger partial charge in [-0.25, -0.2) is 0 Å². The van der Waals surface area contributed by atoms with Gasteiger partial charge in [0.2, 0.25) is 17.7 Å². The van der Waals surface area contributed by atoms with Gasteiger partial charge < -0.3 is 40.4 Å². The second-order valence-electron chi connectivity index (χ2n) is 27.8. The normalized spacial score (nSPS) is 11.4. The summed E-state index contributed by atoms with van der Waals surface area (Å²) in [6.45, 7) is 20.6. The van der Waals surface area contributed by atoms with Crippen molar-refractivity contribution in [3.05, 3.63) is 61.3 Å². The summed E-state index contributed by atoms with van der Waals surface area (Å²) in [6, 6.07) is 0. The van der Waals surface area contributed by atoms with Crippen LogP contribution in [-0.4, -0.2) is 165 Å². The topological polar surface area (TPSA) is 104 Å². The number of unbranched alkanes of at least 4 members (excludes halogenated alkanes) is 33. The molecule has 0 spiro atoms. The molecule has 0 heterocycles. The van der Waals surface area contributed by atoms with E-state index >= 15 is 0 Å². The average Bonchev–Trinajstić information content (AvgIpc) is 3.61. The van der Waals surface area contributed by atoms with Gasteiger partial charge in [0.15, 0.2) is 0 Å². The SMILES string of the molecule is C=CCCCCCCCC(=O)NCCCN(C)C.CC/C=C/CCCCCCCC(=O)NCCCN(C)C.CC/C=C/CCCCCCCCN(C)C.CCCC/C=C/CCCCCCCC(=O)NCCCN(C)C.CCCCCC/C=C/CCCCCCCCN(C)C. The summed E-state index contributed by atoms with van der Waals surface area (Å²) in [4.78, 5) is 45.6. The highest BCUT2D eigenvalue weighted by molar-refractivity contribution is 5.76. The van der Waals surface area contributed by atoms with Gasteiger partial charge in [0.1, 0.15) is 0 Å². The Bertz CT molecular complexity index is 1590. The minimum Gasteiger partial charge on any atom is -0.356 e. The van der Waals surface area contributed by atoms with Crippen molar-refractivity contribution in [3.8, 4) is 0 Å². The molecule has 558 valence electrons. The van der Waals surface area contributed by atoms with Gasteiger partial charge in [0.25, 0.3) is 0 Å². The van der Waals surface area contributed by atoms with Gasteiger partial charge in [0, 0.05) is 38.9 Å². The molecule has 0 radical (unpaired) electrons. The Morgan fingerprint density at radius 2 is 0.468 bits per heavy atom. The van der Waals surface area contributed by atoms with Crippen molar-refractivity contribution in [2.75, 3.05) is 123 Å². The zero-order valence-corrected chi connectivity index (χ0v) is 66.0. The molecule has 0 aromatic heterocycles. The number of hydrogen-bond acceptors (Lipinski definition) is 8. The fourth-order valence-corrected chi connectivity index (χ4v) is 10.2. The van der Waals surface area contributed by atoms with E-state index in [4.69, 9.17) is 0 Å². The third kappa shape index (κ3) is 110. The maximum absolute atomic E-state index is 11.6. The molecule has 0 aromatic carbocycles. The van der Waals surface area contributed by atoms with Crippen LogP contribution < -0.4 is 16.0 Å². The van der Waals surface area contributed by atoms with Crippen LogP contribution >= 0.6 is 0 Å². The Labute approximate surface area is 589 Å². The summed E-state index contributed by atoms with van der Waals surface area (Å²) < 4.78 is 0. The molecule has 0 atom stereocenters. The van der Waals surface area contributed by atoms with Gasteiger partial charge in [-0.15, -0.1) is 6.58 Å². The van der Waals surface area contributed by atoms with Crippen LogP contribution in [0.4, 0.5) is 0 Å². The lowest BCUT2D eigenvalue weighted by atomic mass is 10.1. The quantitative estimate of drug-likeness (QED) is 0.0409. The largest absolute Gasteiger partial charge is 0.356 e. The number of nitrogens with one attached hydrogen (secondary N) is 3. The van der Waals surface area contributed by atoms with E-state index in [-0.39, 0.29) is 17.7 Å². The maximum Gasteiger partial charge on any atom is 0.219 e. The molecule has 0 unspecified atom stereocenters. The monoisotopic (exact) mass is 1330 g/mol. The van der Waals surface area contributed by atoms with Gasteiger partial charge in [-0.3, -0.25) is 14.4 Å². The van der Waals surface area contributed by atoms with Gasteiger partial charge in [-0.05, 0) is 251 Å². The predicted molar refractivity (Wildman–Crippen MR) is 423 cm³/mol. The van der Waals surface area contributed by atoms with E-state index in [1.807, 2.05) is 20.2 Å². The summed E-state index contributed by atoms with van der Waals surface area (Å²) in [6.07, 6.45) is 79.7. The zero-order chi connectivity index (χ0) is 70.7. The zero-order valence-electron chi connectivity index (χ0n) is 66.0. The Morgan fingerprint density at radius 3 is 0.723 bits per heavy atom. The lowest BCUT2D eigenvalue weighted by Crippen LogP contribution is -2.26. The maximum atomic E-state index is 11.6. The molecule has 0 aromatic rings. The number of carbonyl (C=O) groups excluding carboxylic acids is 3. The van der Waals surface area contributed by atoms with Crippen molar-refractivity contribution >= 4 is 17.7 Å². The van der Waals surface area contributed by atoms with Crippen molar-refractivity contribution in [2.45, 2.75) is 336 Å². The van der Waals surface area contributed by atoms with E-state index in [0.717, 1.165) is 90.6 Å². The van der Waals surface area contributed by atoms with E-state index in [9.17, 15) is 14.4 Å². The number of nitrogens with zero attached hydrogens (tertiary/aromatic N) is 5. The van der Waals surface area contributed by atoms with E-state index in [1.54, 1.807) is 0 Å². The highest BCUT2D eigenvalue weighted by Gasteiger charge is 2.04. The molecule has 0 aliphatic rings. The highest BCUT2D eigenvalue weighted by atomic mass is 16.2. The standard InChI is InChI=1S/C19H38N2O.C18H37N.C17H34N2O.C15H30N2O.C14H29N/c1-4-5-6-7-8-9-10-11-12-13-14-16-19(22)20-17-15-18-21(2)3;1-4-5-6-7-8-9-10-11-12-13-14-15-16-17-18-19(2)3;1-4-5-6-7-8-9-10-11-12-14-17(20)18-15-13-16-19(2)3;1-4-5-6-7-8-9-10-12-15(18)16-13-11-14-17(2)3;1-4-5-6-7-8-9-10-11-12-13-14-15(2)3/h7-8H,4-6,9-18H2,1-3H3,(H,20,22);9-10H,4-8,11-18H2,1-3H3;5-6H,4,7-16H2,1-3H3,(H,18,20);4H,1,5-14H2,2-3H3,(H,16,18);5-6H,4,7-14H2,1-3H3/b8-7+;10-9+;6-5+;;6-5+. The molecule has 11 nitrogen and oxygen atoms in total. The van der Waals surface area contributed by atoms with Crippen LogP contribution in [0.3, 0.4) is 0 Å². The molecule has 0 aliphatic heterocycles. The smallest absolute Gasteiger partial charge is 0.219 e. The first-order valence-corrected chi connectivity index (χ1v) is 39.8. The summed E-state index contributed by atoms with van der Waals surface area (Å²) in [7, 11) is 21.0. The van der Waals surface area contributed by atoms with Crippen LogP contribution in [0.15, 0.2) is 61.3 Å². The fourth-order valence-electron chi connectivity index (χ4n) is 10.2. The van der Waals surface area contributed by atoms with Gasteiger partial charge >= 0.3 is 0 Å². The van der Waals surface area contributed by atoms with E-state index < -0.39 is 0 Å². The molecule has 94 heavy (non-hydrogen) atoms. The van der Waals surface area contributed by atoms with Gasteiger partial charge in [-0.2, -0.15) is 0 Å². The van der Waals surface area contributed by atoms with Crippen LogP contribution in [0.25, 0.3) is 0 Å². The van der Waals surface area contributed by atoms with Crippen LogP contribution in [0.5, 0.6) is 0 Å². The van der Waals surface area contributed by atoms with Crippen molar-refractivity contribution in [3.63, 3.8) is 0 Å². The van der Waals surface area contributed by atoms with Crippen LogP contribution in [0.2, 0.25) is 0 Å². The highest BCUT2D eigenvalue weighted by Crippen LogP contribution is 2.13. The molecule has 0 aliphatic carbocycles. The molecule has 0 fully saturated rings. The molecule has 0 bridgehead atoms. The van der Waals surface area contributed by atoms with E-state index in [1.165, 1.54) is 251 Å². The predicted octanol–water partition coefficient (Wildman–Crippen LogP) is 21.3. The lowest BCUT2D eigenvalue weighted by Gasteiger charge is -2.09. The van der Waals surface area contributed by atoms with Crippen molar-refractivity contribution in [1.29, 1.82) is 0 Å². The molecular weight excluding hydrogens is 1160 g/mol. The lowest BCUT2D eigenvalue weighted by molar-refractivity contribution is -0.122. The van der Waals surface area contributed by atoms with Gasteiger partial charge in [0.05, 0.1) is 0 Å². The molecule has 11 heteroatoms. The number of hydrogen-bond donors (Lipinski definition) is 3. The number of amides is 3. The minimum atomic E-state index is 0.208. The summed E-state index contributed by atoms with van der Waals surface area (Å²) in [5.74, 6) is 0.645. The first kappa shape index (κ1) is 99.6. The Balaban J connectivity index is -0.000000353. The molecule has 0 saturated carbocycles. The van der Waals surface area contributed by atoms with Crippen molar-refractivity contribution in [1.82, 2.24) is 40.4 Å². The average molecular weight is 1330 g/mol. The van der Waals surface area contributed by atoms with Crippen LogP contribution in [0, 0.1) is 0 Å². The van der Waals surface area contributed by atoms with Gasteiger partial charge in [-0.1, -0.05) is 224 Å². The summed E-state index contributed by atoms with van der Waals surface area (Å²) >= 11 is 0. The second kappa shape index (κ2) is 89.9. The molecule has 0 saturated heterocycles. The minimum absolute atomic E-state index is 0.208. The summed E-state index contributed by atoms with van der Waals surface area (Å²) in [5, 5.41) is 8.96. The van der Waals surface area contributed by atoms with Crippen molar-refractivity contribution in [2.24, 2.45) is 0 Å². The molecular formula is C83H168N8O3. The van der Waals surface area contributed by atoms with Crippen LogP contribution in [-0.2, 0) is 14.4 Å². The van der Waals surface area contributed by atoms with Crippen LogP contribution in [0.1, 0.15) is 336 Å². The number of allylic oxidation sites excluding steroid dienone is 9. The van der Waals surface area contributed by atoms with Crippen molar-refractivity contribution < 1.29 is 14.4 Å². The number of carbonyl (C=O) groups is 3. The third-order valence-corrected chi connectivity index (χ3v) is 16.2. The Morgan fingerprint density at radius 1 is 0.255 bits per heavy atom. The second-order valence-corrected chi connectivity index (χ2v) is 27.8. The third-order valence-electron chi connectivity index (χ3n) is 16.2. The summed E-state index contributed by atoms with van der Waals surface area (Å²) in [5.41, 5.74) is 0. The first-order chi connectivity index (χ1) is 45.5. The fraction of sp³-hybridized carbons (Fsp3) is 0.843. The Hall–Kier alpha value is -3.09. The van der Waals surface area contributed by atoms with E-state index in [0.29, 0.717) is 19.3 Å². The molecule has 3 N–H and O–H groups in total. The molecule has 0 rings (SSSR count).